The van der Waals surface area contributed by atoms with Crippen molar-refractivity contribution in [3.63, 3.8) is 0 Å². The molecule has 9 nitrogen and oxygen atoms in total. The molecule has 0 radical (unpaired) electrons. The van der Waals surface area contributed by atoms with Gasteiger partial charge in [-0.15, -0.1) is 0 Å². The van der Waals surface area contributed by atoms with Crippen molar-refractivity contribution in [2.24, 2.45) is 0 Å². The highest BCUT2D eigenvalue weighted by Crippen LogP contribution is 2.32. The summed E-state index contributed by atoms with van der Waals surface area (Å²) in [5.74, 6) is -1.05. The topological polar surface area (TPSA) is 127 Å². The zero-order chi connectivity index (χ0) is 26.3. The molecule has 0 saturated heterocycles. The van der Waals surface area contributed by atoms with Gasteiger partial charge >= 0.3 is 12.1 Å². The third kappa shape index (κ3) is 7.56. The van der Waals surface area contributed by atoms with Crippen LogP contribution in [0.1, 0.15) is 49.7 Å². The molecule has 3 N–H and O–H groups in total. The Morgan fingerprint density at radius 2 is 1.75 bits per heavy atom. The Labute approximate surface area is 209 Å². The molecule has 0 spiro atoms. The average Bonchev–Trinajstić information content (AvgIpc) is 2.82. The maximum atomic E-state index is 12.9. The zero-order valence-corrected chi connectivity index (χ0v) is 20.6. The molecule has 0 aliphatic carbocycles. The van der Waals surface area contributed by atoms with Crippen LogP contribution in [0.15, 0.2) is 67.0 Å². The third-order valence-electron chi connectivity index (χ3n) is 4.96. The van der Waals surface area contributed by atoms with Crippen LogP contribution in [-0.4, -0.2) is 40.3 Å². The van der Waals surface area contributed by atoms with Gasteiger partial charge in [0, 0.05) is 23.6 Å². The van der Waals surface area contributed by atoms with E-state index in [0.717, 1.165) is 5.56 Å². The van der Waals surface area contributed by atoms with Crippen LogP contribution in [0.4, 0.5) is 10.5 Å². The van der Waals surface area contributed by atoms with Crippen LogP contribution in [0.2, 0.25) is 0 Å². The number of alkyl carbamates (subject to hydrolysis) is 1. The van der Waals surface area contributed by atoms with Crippen molar-refractivity contribution in [3.05, 3.63) is 78.1 Å². The fourth-order valence-corrected chi connectivity index (χ4v) is 3.42. The number of amides is 2. The number of nitrogens with one attached hydrogen (secondary N) is 2. The quantitative estimate of drug-likeness (QED) is 0.402. The van der Waals surface area contributed by atoms with Crippen molar-refractivity contribution in [3.8, 4) is 16.9 Å². The van der Waals surface area contributed by atoms with Gasteiger partial charge in [-0.2, -0.15) is 0 Å². The second kappa shape index (κ2) is 11.4. The van der Waals surface area contributed by atoms with Gasteiger partial charge in [0.2, 0.25) is 0 Å². The summed E-state index contributed by atoms with van der Waals surface area (Å²) in [5, 5.41) is 14.6. The lowest BCUT2D eigenvalue weighted by molar-refractivity contribution is -0.139. The van der Waals surface area contributed by atoms with E-state index in [0.29, 0.717) is 28.1 Å². The first kappa shape index (κ1) is 26.2. The predicted molar refractivity (Wildman–Crippen MR) is 135 cm³/mol. The van der Waals surface area contributed by atoms with Crippen molar-refractivity contribution in [2.75, 3.05) is 11.9 Å². The SMILES string of the molecule is CC(NC(=O)OC(C)(C)C)c1ccc(C(=O)Nc2ccncc2)cc1-c1cccc(OCC(=O)O)c1. The fraction of sp³-hybridized carbons (Fsp3) is 0.259. The summed E-state index contributed by atoms with van der Waals surface area (Å²) in [4.78, 5) is 40.2. The Hall–Kier alpha value is -4.40. The highest BCUT2D eigenvalue weighted by molar-refractivity contribution is 6.05. The van der Waals surface area contributed by atoms with E-state index in [1.165, 1.54) is 0 Å². The molecule has 0 saturated carbocycles. The van der Waals surface area contributed by atoms with Crippen molar-refractivity contribution < 1.29 is 29.0 Å². The molecule has 2 aromatic carbocycles. The molecule has 0 fully saturated rings. The molecule has 188 valence electrons. The first-order valence-electron chi connectivity index (χ1n) is 11.3. The highest BCUT2D eigenvalue weighted by atomic mass is 16.6. The number of carbonyl (C=O) groups is 3. The second-order valence-corrected chi connectivity index (χ2v) is 9.07. The van der Waals surface area contributed by atoms with Gasteiger partial charge in [0.25, 0.3) is 5.91 Å². The van der Waals surface area contributed by atoms with Gasteiger partial charge in [-0.05, 0) is 80.8 Å². The van der Waals surface area contributed by atoms with Crippen molar-refractivity contribution in [1.82, 2.24) is 10.3 Å². The first-order chi connectivity index (χ1) is 17.0. The van der Waals surface area contributed by atoms with Gasteiger partial charge in [-0.3, -0.25) is 9.78 Å². The van der Waals surface area contributed by atoms with Gasteiger partial charge in [0.15, 0.2) is 6.61 Å². The van der Waals surface area contributed by atoms with E-state index in [1.54, 1.807) is 81.7 Å². The predicted octanol–water partition coefficient (Wildman–Crippen LogP) is 5.05. The molecule has 3 aromatic rings. The number of nitrogens with zero attached hydrogens (tertiary/aromatic N) is 1. The van der Waals surface area contributed by atoms with Crippen molar-refractivity contribution in [2.45, 2.75) is 39.3 Å². The maximum absolute atomic E-state index is 12.9. The van der Waals surface area contributed by atoms with E-state index in [4.69, 9.17) is 14.6 Å². The zero-order valence-electron chi connectivity index (χ0n) is 20.6. The number of hydrogen-bond donors (Lipinski definition) is 3. The number of rotatable bonds is 8. The molecular formula is C27H29N3O6. The van der Waals surface area contributed by atoms with Gasteiger partial charge in [-0.1, -0.05) is 18.2 Å². The molecule has 1 aromatic heterocycles. The molecule has 1 atom stereocenters. The van der Waals surface area contributed by atoms with E-state index in [2.05, 4.69) is 15.6 Å². The van der Waals surface area contributed by atoms with Crippen molar-refractivity contribution in [1.29, 1.82) is 0 Å². The summed E-state index contributed by atoms with van der Waals surface area (Å²) in [6, 6.07) is 14.9. The number of hydrogen-bond acceptors (Lipinski definition) is 6. The summed E-state index contributed by atoms with van der Waals surface area (Å²) in [6.07, 6.45) is 2.59. The van der Waals surface area contributed by atoms with Gasteiger partial charge in [0.05, 0.1) is 6.04 Å². The van der Waals surface area contributed by atoms with Gasteiger partial charge in [0.1, 0.15) is 11.4 Å². The lowest BCUT2D eigenvalue weighted by Crippen LogP contribution is -2.34. The molecule has 0 bridgehead atoms. The van der Waals surface area contributed by atoms with Gasteiger partial charge < -0.3 is 25.2 Å². The van der Waals surface area contributed by atoms with Crippen LogP contribution in [0, 0.1) is 0 Å². The van der Waals surface area contributed by atoms with E-state index >= 15 is 0 Å². The van der Waals surface area contributed by atoms with Crippen LogP contribution in [-0.2, 0) is 9.53 Å². The van der Waals surface area contributed by atoms with E-state index < -0.39 is 30.3 Å². The molecule has 0 aliphatic rings. The summed E-state index contributed by atoms with van der Waals surface area (Å²) in [7, 11) is 0. The molecule has 3 rings (SSSR count). The summed E-state index contributed by atoms with van der Waals surface area (Å²) < 4.78 is 10.7. The molecule has 36 heavy (non-hydrogen) atoms. The summed E-state index contributed by atoms with van der Waals surface area (Å²) in [5.41, 5.74) is 2.43. The van der Waals surface area contributed by atoms with Crippen LogP contribution in [0.3, 0.4) is 0 Å². The number of carboxylic acids is 1. The lowest BCUT2D eigenvalue weighted by Gasteiger charge is -2.23. The van der Waals surface area contributed by atoms with Gasteiger partial charge in [-0.25, -0.2) is 9.59 Å². The molecule has 1 unspecified atom stereocenters. The number of benzene rings is 2. The van der Waals surface area contributed by atoms with E-state index in [-0.39, 0.29) is 5.91 Å². The van der Waals surface area contributed by atoms with Crippen LogP contribution >= 0.6 is 0 Å². The Morgan fingerprint density at radius 3 is 2.42 bits per heavy atom. The smallest absolute Gasteiger partial charge is 0.408 e. The fourth-order valence-electron chi connectivity index (χ4n) is 3.42. The lowest BCUT2D eigenvalue weighted by atomic mass is 9.93. The number of aliphatic carboxylic acids is 1. The Bertz CT molecular complexity index is 1240. The maximum Gasteiger partial charge on any atom is 0.408 e. The minimum absolute atomic E-state index is 0.319. The molecular weight excluding hydrogens is 462 g/mol. The number of carbonyl (C=O) groups excluding carboxylic acids is 2. The number of anilines is 1. The third-order valence-corrected chi connectivity index (χ3v) is 4.96. The largest absolute Gasteiger partial charge is 0.482 e. The minimum atomic E-state index is -1.09. The van der Waals surface area contributed by atoms with Crippen LogP contribution in [0.5, 0.6) is 5.75 Å². The Balaban J connectivity index is 1.97. The molecule has 2 amide bonds. The Kier molecular flexibility index (Phi) is 8.26. The highest BCUT2D eigenvalue weighted by Gasteiger charge is 2.21. The number of pyridine rings is 1. The summed E-state index contributed by atoms with van der Waals surface area (Å²) in [6.45, 7) is 6.66. The molecule has 9 heteroatoms. The molecule has 1 heterocycles. The number of ether oxygens (including phenoxy) is 2. The summed E-state index contributed by atoms with van der Waals surface area (Å²) >= 11 is 0. The standard InChI is InChI=1S/C27H29N3O6/c1-17(29-26(34)36-27(2,3)4)22-9-8-19(25(33)30-20-10-12-28-13-11-20)15-23(22)18-6-5-7-21(14-18)35-16-24(31)32/h5-15,17H,16H2,1-4H3,(H,29,34)(H,31,32)(H,28,30,33). The molecule has 0 aliphatic heterocycles. The average molecular weight is 492 g/mol. The normalized spacial score (nSPS) is 11.8. The monoisotopic (exact) mass is 491 g/mol. The van der Waals surface area contributed by atoms with Crippen LogP contribution in [0.25, 0.3) is 11.1 Å². The van der Waals surface area contributed by atoms with E-state index in [1.807, 2.05) is 13.0 Å². The van der Waals surface area contributed by atoms with Crippen molar-refractivity contribution >= 4 is 23.7 Å². The Morgan fingerprint density at radius 1 is 1.03 bits per heavy atom. The minimum Gasteiger partial charge on any atom is -0.482 e. The number of carboxylic acid groups (broad SMARTS) is 1. The van der Waals surface area contributed by atoms with E-state index in [9.17, 15) is 14.4 Å². The number of aromatic nitrogens is 1. The first-order valence-corrected chi connectivity index (χ1v) is 11.3. The van der Waals surface area contributed by atoms with Crippen LogP contribution < -0.4 is 15.4 Å². The second-order valence-electron chi connectivity index (χ2n) is 9.07.